The van der Waals surface area contributed by atoms with Crippen molar-refractivity contribution < 1.29 is 4.74 Å². The number of pyridine rings is 1. The summed E-state index contributed by atoms with van der Waals surface area (Å²) in [6.07, 6.45) is 6.53. The number of para-hydroxylation sites is 1. The standard InChI is InChI=1S/C23H24N4OS/c29-23-25-21(19-11-4-5-13-24-19)22(27(23)17-8-2-1-3-9-17)20-12-6-14-26(20)16-18-10-7-15-28-18/h1-6,8-9,11-14,18,21-22H,7,10,15-16H2,(H,25,29)/t18-,21+,22-/m0/s1. The fourth-order valence-corrected chi connectivity index (χ4v) is 4.74. The van der Waals surface area contributed by atoms with Crippen molar-refractivity contribution in [2.24, 2.45) is 0 Å². The van der Waals surface area contributed by atoms with Gasteiger partial charge in [-0.2, -0.15) is 0 Å². The van der Waals surface area contributed by atoms with Crippen LogP contribution in [-0.4, -0.2) is 27.4 Å². The van der Waals surface area contributed by atoms with E-state index in [-0.39, 0.29) is 18.2 Å². The van der Waals surface area contributed by atoms with Gasteiger partial charge in [0.15, 0.2) is 5.11 Å². The Hall–Kier alpha value is -2.70. The molecule has 0 unspecified atom stereocenters. The first-order valence-corrected chi connectivity index (χ1v) is 10.5. The molecule has 4 heterocycles. The summed E-state index contributed by atoms with van der Waals surface area (Å²) in [5.74, 6) is 0. The van der Waals surface area contributed by atoms with Crippen molar-refractivity contribution in [2.45, 2.75) is 37.6 Å². The second-order valence-electron chi connectivity index (χ2n) is 7.55. The average Bonchev–Trinajstić information content (AvgIpc) is 3.50. The van der Waals surface area contributed by atoms with Crippen LogP contribution in [0.15, 0.2) is 73.1 Å². The molecule has 2 saturated heterocycles. The molecule has 0 amide bonds. The fraction of sp³-hybridized carbons (Fsp3) is 0.304. The molecule has 0 bridgehead atoms. The van der Waals surface area contributed by atoms with E-state index in [0.29, 0.717) is 0 Å². The van der Waals surface area contributed by atoms with Crippen LogP contribution in [0.4, 0.5) is 5.69 Å². The Morgan fingerprint density at radius 2 is 1.93 bits per heavy atom. The molecule has 0 aliphatic carbocycles. The molecule has 5 nitrogen and oxygen atoms in total. The Balaban J connectivity index is 1.57. The first-order valence-electron chi connectivity index (χ1n) is 10.1. The Labute approximate surface area is 176 Å². The van der Waals surface area contributed by atoms with Gasteiger partial charge in [-0.1, -0.05) is 24.3 Å². The van der Waals surface area contributed by atoms with Crippen LogP contribution in [0.3, 0.4) is 0 Å². The summed E-state index contributed by atoms with van der Waals surface area (Å²) >= 11 is 5.79. The molecule has 0 saturated carbocycles. The van der Waals surface area contributed by atoms with Crippen molar-refractivity contribution >= 4 is 23.0 Å². The van der Waals surface area contributed by atoms with Gasteiger partial charge in [0.2, 0.25) is 0 Å². The molecular formula is C23H24N4OS. The van der Waals surface area contributed by atoms with Crippen LogP contribution in [-0.2, 0) is 11.3 Å². The predicted molar refractivity (Wildman–Crippen MR) is 118 cm³/mol. The van der Waals surface area contributed by atoms with Crippen LogP contribution < -0.4 is 10.2 Å². The SMILES string of the molecule is S=C1N[C@H](c2ccccn2)[C@H](c2cccn2C[C@@H]2CCCO2)N1c1ccccc1. The summed E-state index contributed by atoms with van der Waals surface area (Å²) in [4.78, 5) is 6.85. The minimum atomic E-state index is -0.0259. The van der Waals surface area contributed by atoms with Gasteiger partial charge in [0.1, 0.15) is 6.04 Å². The van der Waals surface area contributed by atoms with Crippen molar-refractivity contribution in [3.05, 3.63) is 84.4 Å². The number of nitrogens with one attached hydrogen (secondary N) is 1. The zero-order valence-corrected chi connectivity index (χ0v) is 17.0. The largest absolute Gasteiger partial charge is 0.376 e. The molecule has 148 valence electrons. The van der Waals surface area contributed by atoms with E-state index in [1.54, 1.807) is 0 Å². The lowest BCUT2D eigenvalue weighted by atomic mass is 10.0. The topological polar surface area (TPSA) is 42.3 Å². The number of ether oxygens (including phenoxy) is 1. The molecule has 0 radical (unpaired) electrons. The maximum absolute atomic E-state index is 5.90. The normalized spacial score (nSPS) is 24.1. The molecule has 2 aliphatic heterocycles. The number of hydrogen-bond donors (Lipinski definition) is 1. The zero-order valence-electron chi connectivity index (χ0n) is 16.1. The van der Waals surface area contributed by atoms with Gasteiger partial charge in [0, 0.05) is 36.9 Å². The first-order chi connectivity index (χ1) is 14.3. The molecule has 1 N–H and O–H groups in total. The Morgan fingerprint density at radius 1 is 1.07 bits per heavy atom. The zero-order chi connectivity index (χ0) is 19.6. The van der Waals surface area contributed by atoms with Crippen molar-refractivity contribution in [3.63, 3.8) is 0 Å². The summed E-state index contributed by atoms with van der Waals surface area (Å²) in [6.45, 7) is 1.73. The van der Waals surface area contributed by atoms with Crippen molar-refractivity contribution in [1.29, 1.82) is 0 Å². The van der Waals surface area contributed by atoms with Gasteiger partial charge in [-0.15, -0.1) is 0 Å². The van der Waals surface area contributed by atoms with E-state index in [2.05, 4.69) is 68.4 Å². The molecule has 5 rings (SSSR count). The van der Waals surface area contributed by atoms with E-state index in [1.165, 1.54) is 5.69 Å². The highest BCUT2D eigenvalue weighted by molar-refractivity contribution is 7.80. The second-order valence-corrected chi connectivity index (χ2v) is 7.94. The molecule has 3 aromatic rings. The van der Waals surface area contributed by atoms with Crippen LogP contribution in [0, 0.1) is 0 Å². The number of nitrogens with zero attached hydrogens (tertiary/aromatic N) is 3. The predicted octanol–water partition coefficient (Wildman–Crippen LogP) is 4.24. The van der Waals surface area contributed by atoms with Gasteiger partial charge in [-0.05, 0) is 61.5 Å². The number of benzene rings is 1. The second kappa shape index (κ2) is 7.97. The fourth-order valence-electron chi connectivity index (χ4n) is 4.39. The molecule has 2 fully saturated rings. The van der Waals surface area contributed by atoms with Crippen LogP contribution in [0.5, 0.6) is 0 Å². The monoisotopic (exact) mass is 404 g/mol. The van der Waals surface area contributed by atoms with E-state index in [0.717, 1.165) is 42.5 Å². The minimum Gasteiger partial charge on any atom is -0.376 e. The lowest BCUT2D eigenvalue weighted by Gasteiger charge is -2.29. The van der Waals surface area contributed by atoms with Crippen molar-refractivity contribution in [1.82, 2.24) is 14.9 Å². The summed E-state index contributed by atoms with van der Waals surface area (Å²) in [6, 6.07) is 20.7. The minimum absolute atomic E-state index is 0.0104. The number of rotatable bonds is 5. The van der Waals surface area contributed by atoms with Gasteiger partial charge in [-0.25, -0.2) is 0 Å². The molecule has 2 aliphatic rings. The van der Waals surface area contributed by atoms with Gasteiger partial charge in [0.05, 0.1) is 17.8 Å². The number of anilines is 1. The molecule has 6 heteroatoms. The summed E-state index contributed by atoms with van der Waals surface area (Å²) in [5.41, 5.74) is 3.29. The van der Waals surface area contributed by atoms with Crippen LogP contribution in [0.1, 0.15) is 36.3 Å². The van der Waals surface area contributed by atoms with Crippen LogP contribution >= 0.6 is 12.2 Å². The molecular weight excluding hydrogens is 380 g/mol. The number of thiocarbonyl (C=S) groups is 1. The lowest BCUT2D eigenvalue weighted by molar-refractivity contribution is 0.0961. The maximum Gasteiger partial charge on any atom is 0.174 e. The highest BCUT2D eigenvalue weighted by atomic mass is 32.1. The quantitative estimate of drug-likeness (QED) is 0.645. The molecule has 3 atom stereocenters. The molecule has 1 aromatic carbocycles. The third kappa shape index (κ3) is 3.54. The third-order valence-electron chi connectivity index (χ3n) is 5.72. The van der Waals surface area contributed by atoms with Gasteiger partial charge in [0.25, 0.3) is 0 Å². The summed E-state index contributed by atoms with van der Waals surface area (Å²) in [5, 5.41) is 4.25. The molecule has 2 aromatic heterocycles. The Bertz CT molecular complexity index is 969. The van der Waals surface area contributed by atoms with Crippen molar-refractivity contribution in [2.75, 3.05) is 11.5 Å². The van der Waals surface area contributed by atoms with E-state index in [4.69, 9.17) is 17.0 Å². The summed E-state index contributed by atoms with van der Waals surface area (Å²) < 4.78 is 8.22. The van der Waals surface area contributed by atoms with Gasteiger partial charge in [-0.3, -0.25) is 4.98 Å². The Kier molecular flexibility index (Phi) is 5.04. The molecule has 29 heavy (non-hydrogen) atoms. The van der Waals surface area contributed by atoms with Crippen LogP contribution in [0.2, 0.25) is 0 Å². The van der Waals surface area contributed by atoms with E-state index in [9.17, 15) is 0 Å². The van der Waals surface area contributed by atoms with Crippen LogP contribution in [0.25, 0.3) is 0 Å². The van der Waals surface area contributed by atoms with E-state index >= 15 is 0 Å². The lowest BCUT2D eigenvalue weighted by Crippen LogP contribution is -2.31. The summed E-state index contributed by atoms with van der Waals surface area (Å²) in [7, 11) is 0. The smallest absolute Gasteiger partial charge is 0.174 e. The van der Waals surface area contributed by atoms with E-state index < -0.39 is 0 Å². The highest BCUT2D eigenvalue weighted by Gasteiger charge is 2.42. The van der Waals surface area contributed by atoms with Gasteiger partial charge < -0.3 is 19.5 Å². The van der Waals surface area contributed by atoms with Crippen molar-refractivity contribution in [3.8, 4) is 0 Å². The van der Waals surface area contributed by atoms with E-state index in [1.807, 2.05) is 24.4 Å². The number of hydrogen-bond acceptors (Lipinski definition) is 3. The average molecular weight is 405 g/mol. The first kappa shape index (κ1) is 18.3. The molecule has 0 spiro atoms. The third-order valence-corrected chi connectivity index (χ3v) is 6.04. The highest BCUT2D eigenvalue weighted by Crippen LogP contribution is 2.41. The Morgan fingerprint density at radius 3 is 2.69 bits per heavy atom. The van der Waals surface area contributed by atoms with Gasteiger partial charge >= 0.3 is 0 Å². The maximum atomic E-state index is 5.90. The number of aromatic nitrogens is 2.